The molecule has 0 amide bonds. The summed E-state index contributed by atoms with van der Waals surface area (Å²) >= 11 is 0. The molecule has 5 aromatic carbocycles. The van der Waals surface area contributed by atoms with Crippen molar-refractivity contribution < 1.29 is 23.7 Å². The number of aryl methyl sites for hydroxylation is 2. The summed E-state index contributed by atoms with van der Waals surface area (Å²) in [6, 6.07) is 58.3. The van der Waals surface area contributed by atoms with Crippen LogP contribution in [0.25, 0.3) is 6.08 Å². The van der Waals surface area contributed by atoms with Gasteiger partial charge < -0.3 is 74.8 Å². The zero-order chi connectivity index (χ0) is 98.8. The number of aromatic nitrogens is 5. The van der Waals surface area contributed by atoms with E-state index in [-0.39, 0.29) is 0 Å². The van der Waals surface area contributed by atoms with Crippen molar-refractivity contribution in [3.63, 3.8) is 0 Å². The number of hydrogen-bond acceptors (Lipinski definition) is 20. The van der Waals surface area contributed by atoms with E-state index in [9.17, 15) is 0 Å². The molecule has 0 unspecified atom stereocenters. The van der Waals surface area contributed by atoms with Crippen molar-refractivity contribution >= 4 is 34.5 Å². The Kier molecular flexibility index (Phi) is 36.3. The molecule has 5 N–H and O–H groups in total. The van der Waals surface area contributed by atoms with Gasteiger partial charge in [0.15, 0.2) is 0 Å². The predicted octanol–water partition coefficient (Wildman–Crippen LogP) is 22.2. The molecule has 780 valence electrons. The monoisotopic (exact) mass is 1980 g/mol. The number of anilines is 5. The van der Waals surface area contributed by atoms with Gasteiger partial charge in [-0.1, -0.05) is 133 Å². The maximum absolute atomic E-state index is 6.02. The van der Waals surface area contributed by atoms with Crippen molar-refractivity contribution in [3.05, 3.63) is 275 Å². The first-order valence-electron chi connectivity index (χ1n) is 58.0. The second-order valence-corrected chi connectivity index (χ2v) is 46.2. The zero-order valence-electron chi connectivity index (χ0n) is 88.0. The SMILES string of the molecule is C1=C(CC2CCN(c3cncc(OC[C@@H]4CCCN4)c3)CC2)Cc2ccccc21.c1ccc2c(c1)CC(CC1CCN(c3cncc(OC[C@@H]4CCCN4)c3)CC1)C2.c1ccc2c(c1)CC(CC1CCN(c3cncc(OC[C@@H]4CCCN4)c3)CC1)C2.c1ccc2c(c1)CC[C@@H](CC1CCN(c3cncc(OC[C@@H]4CCCN4)c3)CC1)C2.c1ccc2c(c1)CC[C@H](CC1CCN(c3cncc(OC[C@@H]4CCCN4)c3)CC1)C2. The molecule has 147 heavy (non-hydrogen) atoms. The molecule has 5 aliphatic carbocycles. The van der Waals surface area contributed by atoms with Crippen LogP contribution < -0.4 is 74.8 Å². The number of allylic oxidation sites excluding steroid dienone is 1. The van der Waals surface area contributed by atoms with Gasteiger partial charge in [0.2, 0.25) is 0 Å². The summed E-state index contributed by atoms with van der Waals surface area (Å²) in [6.45, 7) is 20.7. The van der Waals surface area contributed by atoms with Crippen LogP contribution in [-0.4, -0.2) is 186 Å². The molecule has 7 atom stereocenters. The maximum atomic E-state index is 6.02. The van der Waals surface area contributed by atoms with Gasteiger partial charge in [-0.3, -0.25) is 24.9 Å². The Labute approximate surface area is 878 Å². The summed E-state index contributed by atoms with van der Waals surface area (Å²) < 4.78 is 30.1. The van der Waals surface area contributed by atoms with Crippen LogP contribution in [-0.2, 0) is 57.8 Å². The van der Waals surface area contributed by atoms with E-state index in [2.05, 4.69) is 234 Å². The van der Waals surface area contributed by atoms with Crippen molar-refractivity contribution in [1.82, 2.24) is 51.5 Å². The molecule has 0 bridgehead atoms. The molecular weight excluding hydrogens is 1820 g/mol. The third-order valence-electron chi connectivity index (χ3n) is 35.7. The van der Waals surface area contributed by atoms with E-state index < -0.39 is 0 Å². The number of nitrogens with zero attached hydrogens (tertiary/aromatic N) is 10. The van der Waals surface area contributed by atoms with Gasteiger partial charge in [-0.25, -0.2) is 0 Å². The first-order valence-corrected chi connectivity index (χ1v) is 58.0. The van der Waals surface area contributed by atoms with Crippen molar-refractivity contribution in [2.45, 2.75) is 261 Å². The lowest BCUT2D eigenvalue weighted by molar-refractivity contribution is 0.276. The van der Waals surface area contributed by atoms with Crippen LogP contribution in [0, 0.1) is 53.3 Å². The van der Waals surface area contributed by atoms with E-state index in [1.165, 1.54) is 264 Å². The fourth-order valence-electron chi connectivity index (χ4n) is 27.2. The summed E-state index contributed by atoms with van der Waals surface area (Å²) in [5.74, 6) is 12.3. The minimum Gasteiger partial charge on any atom is -0.490 e. The average molecular weight is 1980 g/mol. The summed E-state index contributed by atoms with van der Waals surface area (Å²) in [6.07, 6.45) is 67.9. The van der Waals surface area contributed by atoms with Crippen molar-refractivity contribution in [2.75, 3.05) is 156 Å². The Morgan fingerprint density at radius 3 is 0.741 bits per heavy atom. The maximum Gasteiger partial charge on any atom is 0.139 e. The van der Waals surface area contributed by atoms with Crippen LogP contribution >= 0.6 is 0 Å². The smallest absolute Gasteiger partial charge is 0.139 e. The second-order valence-electron chi connectivity index (χ2n) is 46.2. The van der Waals surface area contributed by atoms with E-state index in [0.717, 1.165) is 220 Å². The Hall–Kier alpha value is -10.6. The van der Waals surface area contributed by atoms with Crippen molar-refractivity contribution in [3.8, 4) is 28.7 Å². The van der Waals surface area contributed by atoms with E-state index in [4.69, 9.17) is 23.7 Å². The minimum atomic E-state index is 0.491. The van der Waals surface area contributed by atoms with Crippen LogP contribution in [0.2, 0.25) is 0 Å². The molecular formula is C127H167N15O5. The molecule has 0 spiro atoms. The highest BCUT2D eigenvalue weighted by Gasteiger charge is 2.35. The molecule has 15 heterocycles. The molecule has 10 aromatic rings. The standard InChI is InChI=1S/2C26H35N3O.2C25H33N3O.C25H31N3O/c2*1-2-5-23-15-21(7-8-22(23)4-1)14-20-9-12-29(13-10-20)25-16-26(18-27-17-25)30-19-24-6-3-11-28-24;3*1-2-5-22-14-20(13-21(22)4-1)12-19-7-10-28(11-8-19)24-15-25(17-26-16-24)29-18-23-6-3-9-27-23/h2*1-2,4-5,16-18,20-21,24,28H,3,6-15,19H2;2*1-2,4-5,15-17,19-20,23,27H,3,6-14,18H2;1-2,4-5,13,15-17,19,23,27H,3,6-12,14,18H2/t21-,24+;21-,24-;3*23-/m10000/s1. The average Bonchev–Trinajstić information content (AvgIpc) is 1.72. The van der Waals surface area contributed by atoms with Crippen molar-refractivity contribution in [1.29, 1.82) is 0 Å². The second kappa shape index (κ2) is 52.2. The molecule has 20 heteroatoms. The van der Waals surface area contributed by atoms with Gasteiger partial charge in [-0.05, 0) is 373 Å². The summed E-state index contributed by atoms with van der Waals surface area (Å²) in [5, 5.41) is 17.4. The third-order valence-corrected chi connectivity index (χ3v) is 35.7. The Bertz CT molecular complexity index is 5410. The quantitative estimate of drug-likeness (QED) is 0.0286. The highest BCUT2D eigenvalue weighted by molar-refractivity contribution is 5.64. The molecule has 0 radical (unpaired) electrons. The van der Waals surface area contributed by atoms with Gasteiger partial charge in [-0.15, -0.1) is 0 Å². The van der Waals surface area contributed by atoms with E-state index in [1.54, 1.807) is 50.1 Å². The molecule has 10 saturated heterocycles. The normalized spacial score (nSPS) is 23.3. The van der Waals surface area contributed by atoms with Crippen molar-refractivity contribution in [2.24, 2.45) is 53.3 Å². The number of benzene rings is 5. The lowest BCUT2D eigenvalue weighted by Crippen LogP contribution is -2.34. The first-order chi connectivity index (χ1) is 72.7. The van der Waals surface area contributed by atoms with Gasteiger partial charge in [0.1, 0.15) is 61.8 Å². The molecule has 20 nitrogen and oxygen atoms in total. The lowest BCUT2D eigenvalue weighted by atomic mass is 9.77. The molecule has 15 aliphatic rings. The number of pyridine rings is 5. The molecule has 0 saturated carbocycles. The zero-order valence-corrected chi connectivity index (χ0v) is 88.0. The Balaban J connectivity index is 0.000000108. The fraction of sp³-hybridized carbons (Fsp3) is 0.551. The van der Waals surface area contributed by atoms with Crippen LogP contribution in [0.15, 0.2) is 219 Å². The number of fused-ring (bicyclic) bond motifs is 5. The molecule has 10 fully saturated rings. The van der Waals surface area contributed by atoms with Crippen LogP contribution in [0.3, 0.4) is 0 Å². The lowest BCUT2D eigenvalue weighted by Gasteiger charge is -2.36. The van der Waals surface area contributed by atoms with Crippen LogP contribution in [0.5, 0.6) is 28.7 Å². The highest BCUT2D eigenvalue weighted by atomic mass is 16.5. The number of rotatable bonds is 30. The first kappa shape index (κ1) is 102. The highest BCUT2D eigenvalue weighted by Crippen LogP contribution is 2.43. The molecule has 25 rings (SSSR count). The largest absolute Gasteiger partial charge is 0.490 e. The van der Waals surface area contributed by atoms with Crippen LogP contribution in [0.1, 0.15) is 229 Å². The minimum absolute atomic E-state index is 0.491. The van der Waals surface area contributed by atoms with E-state index >= 15 is 0 Å². The van der Waals surface area contributed by atoms with Gasteiger partial charge in [0, 0.05) is 126 Å². The van der Waals surface area contributed by atoms with Gasteiger partial charge in [0.05, 0.1) is 90.4 Å². The van der Waals surface area contributed by atoms with Gasteiger partial charge in [-0.2, -0.15) is 0 Å². The third kappa shape index (κ3) is 29.4. The topological polar surface area (TPSA) is 187 Å². The van der Waals surface area contributed by atoms with Crippen LogP contribution in [0.4, 0.5) is 28.4 Å². The van der Waals surface area contributed by atoms with E-state index in [1.807, 2.05) is 62.0 Å². The number of ether oxygens (including phenoxy) is 5. The van der Waals surface area contributed by atoms with Gasteiger partial charge in [0.25, 0.3) is 0 Å². The predicted molar refractivity (Wildman–Crippen MR) is 598 cm³/mol. The van der Waals surface area contributed by atoms with Gasteiger partial charge >= 0.3 is 0 Å². The summed E-state index contributed by atoms with van der Waals surface area (Å²) in [4.78, 5) is 34.7. The summed E-state index contributed by atoms with van der Waals surface area (Å²) in [7, 11) is 0. The number of hydrogen-bond donors (Lipinski definition) is 5. The fourth-order valence-corrected chi connectivity index (χ4v) is 27.2. The number of nitrogens with one attached hydrogen (secondary N) is 5. The number of piperidine rings is 5. The summed E-state index contributed by atoms with van der Waals surface area (Å²) in [5.41, 5.74) is 23.3. The molecule has 5 aromatic heterocycles. The Morgan fingerprint density at radius 1 is 0.238 bits per heavy atom. The Morgan fingerprint density at radius 2 is 0.476 bits per heavy atom. The van der Waals surface area contributed by atoms with E-state index in [0.29, 0.717) is 30.2 Å². The molecule has 10 aliphatic heterocycles.